The summed E-state index contributed by atoms with van der Waals surface area (Å²) in [5.41, 5.74) is 0. The first-order valence-corrected chi connectivity index (χ1v) is 3.27. The van der Waals surface area contributed by atoms with Crippen LogP contribution in [0.2, 0.25) is 0 Å². The Morgan fingerprint density at radius 3 is 2.80 bits per heavy atom. The molecule has 0 aliphatic carbocycles. The molecule has 0 radical (unpaired) electrons. The highest BCUT2D eigenvalue weighted by atomic mass is 16.4. The fourth-order valence-corrected chi connectivity index (χ4v) is 0.710. The predicted molar refractivity (Wildman–Crippen MR) is 35.7 cm³/mol. The number of rotatable bonds is 2. The lowest BCUT2D eigenvalue weighted by molar-refractivity contribution is 0.452. The summed E-state index contributed by atoms with van der Waals surface area (Å²) < 4.78 is 5.95. The molecule has 0 aliphatic heterocycles. The smallest absolute Gasteiger partial charge is 0.392 e. The van der Waals surface area contributed by atoms with Gasteiger partial charge in [-0.25, -0.2) is 4.79 Å². The zero-order valence-electron chi connectivity index (χ0n) is 6.13. The molecule has 0 atom stereocenters. The first-order valence-electron chi connectivity index (χ1n) is 3.27. The number of nitrogens with zero attached hydrogens (tertiary/aromatic N) is 2. The molecule has 1 heterocycles. The van der Waals surface area contributed by atoms with Gasteiger partial charge in [-0.05, 0) is 6.42 Å². The lowest BCUT2D eigenvalue weighted by Crippen LogP contribution is -2.09. The van der Waals surface area contributed by atoms with Crippen LogP contribution in [-0.2, 0) is 13.5 Å². The number of aromatic nitrogens is 2. The van der Waals surface area contributed by atoms with Crippen LogP contribution in [0.25, 0.3) is 0 Å². The quantitative estimate of drug-likeness (QED) is 0.597. The van der Waals surface area contributed by atoms with Crippen molar-refractivity contribution in [3.8, 4) is 0 Å². The van der Waals surface area contributed by atoms with Crippen molar-refractivity contribution in [1.29, 1.82) is 0 Å². The lowest BCUT2D eigenvalue weighted by Gasteiger charge is -1.83. The second-order valence-electron chi connectivity index (χ2n) is 2.14. The molecular formula is C6H10N2O2. The molecule has 0 saturated carbocycles. The fraction of sp³-hybridized carbons (Fsp3) is 0.667. The van der Waals surface area contributed by atoms with E-state index < -0.39 is 0 Å². The molecule has 0 N–H and O–H groups in total. The molecule has 0 spiro atoms. The fourth-order valence-electron chi connectivity index (χ4n) is 0.710. The molecule has 1 aromatic heterocycles. The van der Waals surface area contributed by atoms with E-state index in [4.69, 9.17) is 4.42 Å². The largest absolute Gasteiger partial charge is 0.436 e. The van der Waals surface area contributed by atoms with Crippen LogP contribution < -0.4 is 5.76 Å². The number of aryl methyl sites for hydroxylation is 2. The molecule has 0 unspecified atom stereocenters. The third-order valence-electron chi connectivity index (χ3n) is 1.19. The molecule has 10 heavy (non-hydrogen) atoms. The maximum Gasteiger partial charge on any atom is 0.436 e. The normalized spacial score (nSPS) is 10.2. The van der Waals surface area contributed by atoms with Crippen LogP contribution >= 0.6 is 0 Å². The van der Waals surface area contributed by atoms with Gasteiger partial charge in [0.1, 0.15) is 0 Å². The van der Waals surface area contributed by atoms with E-state index in [1.165, 1.54) is 4.68 Å². The van der Waals surface area contributed by atoms with Gasteiger partial charge in [-0.3, -0.25) is 0 Å². The van der Waals surface area contributed by atoms with Gasteiger partial charge in [0.25, 0.3) is 0 Å². The van der Waals surface area contributed by atoms with Crippen molar-refractivity contribution in [2.45, 2.75) is 19.8 Å². The highest BCUT2D eigenvalue weighted by Gasteiger charge is 2.01. The summed E-state index contributed by atoms with van der Waals surface area (Å²) in [6.45, 7) is 2.01. The first-order chi connectivity index (χ1) is 4.74. The summed E-state index contributed by atoms with van der Waals surface area (Å²) in [4.78, 5) is 10.6. The van der Waals surface area contributed by atoms with E-state index in [0.717, 1.165) is 12.8 Å². The SMILES string of the molecule is CCCc1nn(C)c(=O)o1. The van der Waals surface area contributed by atoms with Crippen LogP contribution in [-0.4, -0.2) is 9.78 Å². The minimum Gasteiger partial charge on any atom is -0.392 e. The topological polar surface area (TPSA) is 48.0 Å². The molecule has 0 bridgehead atoms. The van der Waals surface area contributed by atoms with Gasteiger partial charge in [-0.15, -0.1) is 5.10 Å². The van der Waals surface area contributed by atoms with Crippen molar-refractivity contribution in [1.82, 2.24) is 9.78 Å². The van der Waals surface area contributed by atoms with Crippen LogP contribution in [0.1, 0.15) is 19.2 Å². The van der Waals surface area contributed by atoms with Crippen LogP contribution in [0.3, 0.4) is 0 Å². The predicted octanol–water partition coefficient (Wildman–Crippen LogP) is 0.326. The zero-order chi connectivity index (χ0) is 7.56. The molecule has 1 rings (SSSR count). The Balaban J connectivity index is 2.88. The summed E-state index contributed by atoms with van der Waals surface area (Å²) in [7, 11) is 1.57. The van der Waals surface area contributed by atoms with Crippen LogP contribution in [0, 0.1) is 0 Å². The van der Waals surface area contributed by atoms with Gasteiger partial charge in [0.2, 0.25) is 5.89 Å². The molecule has 0 saturated heterocycles. The first kappa shape index (κ1) is 7.05. The third kappa shape index (κ3) is 1.26. The third-order valence-corrected chi connectivity index (χ3v) is 1.19. The van der Waals surface area contributed by atoms with Gasteiger partial charge >= 0.3 is 5.76 Å². The van der Waals surface area contributed by atoms with Crippen LogP contribution in [0.15, 0.2) is 9.21 Å². The lowest BCUT2D eigenvalue weighted by atomic mass is 10.3. The van der Waals surface area contributed by atoms with Crippen molar-refractivity contribution in [3.05, 3.63) is 16.4 Å². The second kappa shape index (κ2) is 2.68. The average Bonchev–Trinajstić information content (AvgIpc) is 2.14. The molecule has 0 amide bonds. The molecular weight excluding hydrogens is 132 g/mol. The second-order valence-corrected chi connectivity index (χ2v) is 2.14. The van der Waals surface area contributed by atoms with Gasteiger partial charge in [0.05, 0.1) is 0 Å². The molecule has 4 nitrogen and oxygen atoms in total. The molecule has 0 aromatic carbocycles. The standard InChI is InChI=1S/C6H10N2O2/c1-3-4-5-7-8(2)6(9)10-5/h3-4H2,1-2H3. The van der Waals surface area contributed by atoms with Gasteiger partial charge in [-0.2, -0.15) is 4.68 Å². The van der Waals surface area contributed by atoms with E-state index in [2.05, 4.69) is 5.10 Å². The summed E-state index contributed by atoms with van der Waals surface area (Å²) in [6.07, 6.45) is 1.68. The Morgan fingerprint density at radius 2 is 2.40 bits per heavy atom. The van der Waals surface area contributed by atoms with E-state index in [1.54, 1.807) is 7.05 Å². The van der Waals surface area contributed by atoms with Gasteiger partial charge in [0.15, 0.2) is 0 Å². The van der Waals surface area contributed by atoms with Gasteiger partial charge in [-0.1, -0.05) is 6.92 Å². The van der Waals surface area contributed by atoms with E-state index in [9.17, 15) is 4.79 Å². The zero-order valence-corrected chi connectivity index (χ0v) is 6.13. The number of hydrogen-bond donors (Lipinski definition) is 0. The van der Waals surface area contributed by atoms with E-state index in [0.29, 0.717) is 5.89 Å². The van der Waals surface area contributed by atoms with Crippen LogP contribution in [0.4, 0.5) is 0 Å². The average molecular weight is 142 g/mol. The van der Waals surface area contributed by atoms with E-state index in [1.807, 2.05) is 6.92 Å². The summed E-state index contributed by atoms with van der Waals surface area (Å²) in [5, 5.41) is 3.84. The molecule has 0 fully saturated rings. The Morgan fingerprint density at radius 1 is 1.70 bits per heavy atom. The van der Waals surface area contributed by atoms with Crippen LogP contribution in [0.5, 0.6) is 0 Å². The number of hydrogen-bond acceptors (Lipinski definition) is 3. The highest BCUT2D eigenvalue weighted by molar-refractivity contribution is 4.73. The van der Waals surface area contributed by atoms with Gasteiger partial charge < -0.3 is 4.42 Å². The van der Waals surface area contributed by atoms with Crippen molar-refractivity contribution in [2.24, 2.45) is 7.05 Å². The Labute approximate surface area is 58.5 Å². The van der Waals surface area contributed by atoms with Gasteiger partial charge in [0, 0.05) is 13.5 Å². The van der Waals surface area contributed by atoms with Crippen molar-refractivity contribution in [2.75, 3.05) is 0 Å². The van der Waals surface area contributed by atoms with E-state index >= 15 is 0 Å². The van der Waals surface area contributed by atoms with Crippen molar-refractivity contribution in [3.63, 3.8) is 0 Å². The minimum atomic E-state index is -0.386. The maximum absolute atomic E-state index is 10.6. The molecule has 0 aliphatic rings. The minimum absolute atomic E-state index is 0.386. The van der Waals surface area contributed by atoms with E-state index in [-0.39, 0.29) is 5.76 Å². The summed E-state index contributed by atoms with van der Waals surface area (Å²) >= 11 is 0. The highest BCUT2D eigenvalue weighted by Crippen LogP contribution is 1.93. The monoisotopic (exact) mass is 142 g/mol. The molecule has 56 valence electrons. The molecule has 1 aromatic rings. The molecule has 4 heteroatoms. The Hall–Kier alpha value is -1.06. The maximum atomic E-state index is 10.6. The Bertz CT molecular complexity index is 261. The van der Waals surface area contributed by atoms with Crippen molar-refractivity contribution < 1.29 is 4.42 Å². The summed E-state index contributed by atoms with van der Waals surface area (Å²) in [6, 6.07) is 0. The summed E-state index contributed by atoms with van der Waals surface area (Å²) in [5.74, 6) is 0.137. The Kier molecular flexibility index (Phi) is 1.89. The van der Waals surface area contributed by atoms with Crippen molar-refractivity contribution >= 4 is 0 Å².